The van der Waals surface area contributed by atoms with Gasteiger partial charge in [-0.3, -0.25) is 5.32 Å². The maximum atomic E-state index is 10.7. The normalized spacial score (nSPS) is 25.2. The monoisotopic (exact) mass is 299 g/mol. The number of carboxylic acid groups (broad SMARTS) is 1. The maximum absolute atomic E-state index is 10.7. The van der Waals surface area contributed by atoms with Crippen molar-refractivity contribution in [3.05, 3.63) is 29.8 Å². The number of nitrogens with one attached hydrogen (secondary N) is 1. The molecule has 4 nitrogen and oxygen atoms in total. The lowest BCUT2D eigenvalue weighted by Gasteiger charge is -2.23. The van der Waals surface area contributed by atoms with Gasteiger partial charge in [0, 0.05) is 4.90 Å². The summed E-state index contributed by atoms with van der Waals surface area (Å²) in [5, 5.41) is 12.0. The first kappa shape index (κ1) is 14.6. The van der Waals surface area contributed by atoms with Crippen molar-refractivity contribution in [3.8, 4) is 0 Å². The van der Waals surface area contributed by atoms with Crippen LogP contribution in [-0.2, 0) is 4.74 Å². The summed E-state index contributed by atoms with van der Waals surface area (Å²) in [6.07, 6.45) is 0.294. The number of hydrogen-bond acceptors (Lipinski definition) is 5. The van der Waals surface area contributed by atoms with Crippen LogP contribution < -0.4 is 5.32 Å². The van der Waals surface area contributed by atoms with Crippen molar-refractivity contribution in [1.82, 2.24) is 5.32 Å². The number of ether oxygens (including phenoxy) is 1. The van der Waals surface area contributed by atoms with E-state index in [1.165, 1.54) is 4.90 Å². The van der Waals surface area contributed by atoms with Crippen molar-refractivity contribution in [2.75, 3.05) is 6.26 Å². The topological polar surface area (TPSA) is 58.6 Å². The van der Waals surface area contributed by atoms with E-state index in [1.807, 2.05) is 20.1 Å². The Labute approximate surface area is 121 Å². The summed E-state index contributed by atoms with van der Waals surface area (Å²) < 4.78 is 4.61. The van der Waals surface area contributed by atoms with E-state index in [1.54, 1.807) is 23.5 Å². The molecule has 0 saturated carbocycles. The van der Waals surface area contributed by atoms with E-state index in [-0.39, 0.29) is 10.1 Å². The van der Waals surface area contributed by atoms with E-state index in [2.05, 4.69) is 29.6 Å². The van der Waals surface area contributed by atoms with Crippen LogP contribution in [-0.4, -0.2) is 28.5 Å². The Morgan fingerprint density at radius 2 is 2.05 bits per heavy atom. The van der Waals surface area contributed by atoms with E-state index in [0.717, 1.165) is 5.56 Å². The fraction of sp³-hybridized carbons (Fsp3) is 0.462. The van der Waals surface area contributed by atoms with Crippen LogP contribution in [0.25, 0.3) is 0 Å². The average molecular weight is 299 g/mol. The molecule has 6 heteroatoms. The van der Waals surface area contributed by atoms with Gasteiger partial charge in [-0.05, 0) is 37.8 Å². The zero-order chi connectivity index (χ0) is 14.0. The zero-order valence-corrected chi connectivity index (χ0v) is 12.7. The largest absolute Gasteiger partial charge is 0.507 e. The molecule has 104 valence electrons. The molecule has 19 heavy (non-hydrogen) atoms. The van der Waals surface area contributed by atoms with Gasteiger partial charge in [-0.2, -0.15) is 0 Å². The molecule has 1 heterocycles. The molecule has 0 bridgehead atoms. The number of thioether (sulfide) groups is 2. The van der Waals surface area contributed by atoms with Crippen LogP contribution in [0.15, 0.2) is 29.2 Å². The van der Waals surface area contributed by atoms with Crippen molar-refractivity contribution in [2.24, 2.45) is 0 Å². The fourth-order valence-electron chi connectivity index (χ4n) is 1.96. The Kier molecular flexibility index (Phi) is 4.32. The highest BCUT2D eigenvalue weighted by atomic mass is 32.2. The maximum Gasteiger partial charge on any atom is 0.507 e. The summed E-state index contributed by atoms with van der Waals surface area (Å²) in [5.41, 5.74) is 1.13. The molecule has 1 saturated heterocycles. The van der Waals surface area contributed by atoms with Gasteiger partial charge in [0.25, 0.3) is 0 Å². The molecule has 0 aliphatic carbocycles. The Bertz CT molecular complexity index is 461. The second-order valence-corrected chi connectivity index (χ2v) is 7.44. The third-order valence-corrected chi connectivity index (χ3v) is 5.20. The summed E-state index contributed by atoms with van der Waals surface area (Å²) >= 11 is 3.38. The van der Waals surface area contributed by atoms with Crippen molar-refractivity contribution in [3.63, 3.8) is 0 Å². The lowest BCUT2D eigenvalue weighted by molar-refractivity contribution is 0.0274. The van der Waals surface area contributed by atoms with Crippen molar-refractivity contribution < 1.29 is 14.6 Å². The van der Waals surface area contributed by atoms with Gasteiger partial charge < -0.3 is 9.84 Å². The number of carbonyl (C=O) groups is 1. The van der Waals surface area contributed by atoms with E-state index in [4.69, 9.17) is 9.84 Å². The standard InChI is InChI=1S/C13H17NO3S2/c1-13(2)11(17-12(15)16)14-10(19-13)8-4-6-9(18-3)7-5-8/h4-7,10-11,14H,1-3H3,(H,15,16)/t10?,11-/m0/s1. The smallest absolute Gasteiger partial charge is 0.450 e. The van der Waals surface area contributed by atoms with Gasteiger partial charge in [-0.1, -0.05) is 12.1 Å². The molecular weight excluding hydrogens is 282 g/mol. The van der Waals surface area contributed by atoms with E-state index >= 15 is 0 Å². The average Bonchev–Trinajstić information content (AvgIpc) is 2.64. The molecule has 0 radical (unpaired) electrons. The molecule has 0 spiro atoms. The van der Waals surface area contributed by atoms with Gasteiger partial charge in [-0.15, -0.1) is 23.5 Å². The Morgan fingerprint density at radius 1 is 1.42 bits per heavy atom. The Balaban J connectivity index is 2.12. The summed E-state index contributed by atoms with van der Waals surface area (Å²) in [6, 6.07) is 8.27. The molecule has 2 rings (SSSR count). The summed E-state index contributed by atoms with van der Waals surface area (Å²) in [5.74, 6) is 0. The molecule has 1 aromatic carbocycles. The first-order valence-electron chi connectivity index (χ1n) is 5.90. The quantitative estimate of drug-likeness (QED) is 0.657. The number of benzene rings is 1. The SMILES string of the molecule is CSc1ccc(C2N[C@@H](OC(=O)O)C(C)(C)S2)cc1. The molecule has 1 fully saturated rings. The molecule has 2 N–H and O–H groups in total. The van der Waals surface area contributed by atoms with E-state index in [0.29, 0.717) is 0 Å². The Morgan fingerprint density at radius 3 is 2.58 bits per heavy atom. The molecule has 1 aliphatic rings. The van der Waals surface area contributed by atoms with Gasteiger partial charge in [0.15, 0.2) is 6.23 Å². The van der Waals surface area contributed by atoms with Gasteiger partial charge in [0.05, 0.1) is 10.1 Å². The minimum Gasteiger partial charge on any atom is -0.450 e. The minimum absolute atomic E-state index is 0.0512. The van der Waals surface area contributed by atoms with E-state index < -0.39 is 12.4 Å². The second kappa shape index (κ2) is 5.64. The molecule has 2 atom stereocenters. The van der Waals surface area contributed by atoms with Crippen LogP contribution >= 0.6 is 23.5 Å². The second-order valence-electron chi connectivity index (χ2n) is 4.80. The molecule has 1 unspecified atom stereocenters. The first-order chi connectivity index (χ1) is 8.92. The van der Waals surface area contributed by atoms with Crippen LogP contribution in [0.4, 0.5) is 4.79 Å². The predicted octanol–water partition coefficient (Wildman–Crippen LogP) is 3.54. The van der Waals surface area contributed by atoms with Gasteiger partial charge in [0.2, 0.25) is 0 Å². The summed E-state index contributed by atoms with van der Waals surface area (Å²) in [4.78, 5) is 11.9. The lowest BCUT2D eigenvalue weighted by atomic mass is 10.1. The van der Waals surface area contributed by atoms with Crippen LogP contribution in [0.2, 0.25) is 0 Å². The van der Waals surface area contributed by atoms with Crippen LogP contribution in [0.1, 0.15) is 24.8 Å². The van der Waals surface area contributed by atoms with Crippen LogP contribution in [0.5, 0.6) is 0 Å². The van der Waals surface area contributed by atoms with E-state index in [9.17, 15) is 4.79 Å². The number of rotatable bonds is 3. The summed E-state index contributed by atoms with van der Waals surface area (Å²) in [7, 11) is 0. The van der Waals surface area contributed by atoms with Gasteiger partial charge in [-0.25, -0.2) is 4.79 Å². The molecule has 0 amide bonds. The summed E-state index contributed by atoms with van der Waals surface area (Å²) in [6.45, 7) is 3.96. The van der Waals surface area contributed by atoms with Crippen molar-refractivity contribution in [1.29, 1.82) is 0 Å². The highest BCUT2D eigenvalue weighted by molar-refractivity contribution is 8.01. The molecular formula is C13H17NO3S2. The van der Waals surface area contributed by atoms with Gasteiger partial charge in [0.1, 0.15) is 0 Å². The van der Waals surface area contributed by atoms with Crippen molar-refractivity contribution in [2.45, 2.75) is 35.1 Å². The number of hydrogen-bond donors (Lipinski definition) is 2. The first-order valence-corrected chi connectivity index (χ1v) is 8.00. The highest BCUT2D eigenvalue weighted by Crippen LogP contribution is 2.46. The zero-order valence-electron chi connectivity index (χ0n) is 11.0. The Hall–Kier alpha value is -0.850. The van der Waals surface area contributed by atoms with Gasteiger partial charge >= 0.3 is 6.16 Å². The third kappa shape index (κ3) is 3.38. The van der Waals surface area contributed by atoms with Crippen molar-refractivity contribution >= 4 is 29.7 Å². The van der Waals surface area contributed by atoms with Crippen LogP contribution in [0, 0.1) is 0 Å². The predicted molar refractivity (Wildman–Crippen MR) is 78.7 cm³/mol. The fourth-order valence-corrected chi connectivity index (χ4v) is 3.70. The molecule has 1 aliphatic heterocycles. The molecule has 0 aromatic heterocycles. The lowest BCUT2D eigenvalue weighted by Crippen LogP contribution is -2.40. The minimum atomic E-state index is -1.25. The molecule has 1 aromatic rings. The third-order valence-electron chi connectivity index (χ3n) is 2.99. The highest BCUT2D eigenvalue weighted by Gasteiger charge is 2.44. The van der Waals surface area contributed by atoms with Crippen LogP contribution in [0.3, 0.4) is 0 Å².